The van der Waals surface area contributed by atoms with Crippen LogP contribution in [-0.4, -0.2) is 20.2 Å². The molecule has 0 saturated carbocycles. The molecule has 3 heterocycles. The summed E-state index contributed by atoms with van der Waals surface area (Å²) < 4.78 is 0. The van der Waals surface area contributed by atoms with Crippen LogP contribution in [0.1, 0.15) is 0 Å². The van der Waals surface area contributed by atoms with E-state index in [1.165, 1.54) is 0 Å². The lowest BCUT2D eigenvalue weighted by Crippen LogP contribution is -1.84. The van der Waals surface area contributed by atoms with E-state index in [2.05, 4.69) is 20.2 Å². The molecule has 0 amide bonds. The molecule has 0 aromatic carbocycles. The van der Waals surface area contributed by atoms with Gasteiger partial charge in [-0.15, -0.1) is 0 Å². The molecule has 3 aromatic heterocycles. The van der Waals surface area contributed by atoms with Crippen molar-refractivity contribution in [3.63, 3.8) is 0 Å². The van der Waals surface area contributed by atoms with Gasteiger partial charge in [0.1, 0.15) is 10.7 Å². The van der Waals surface area contributed by atoms with Gasteiger partial charge in [0.25, 0.3) is 0 Å². The summed E-state index contributed by atoms with van der Waals surface area (Å²) in [4.78, 5) is 8.31. The molecular weight excluding hydrogens is 224 g/mol. The maximum Gasteiger partial charge on any atom is 0.136 e. The van der Waals surface area contributed by atoms with Crippen molar-refractivity contribution in [3.05, 3.63) is 41.9 Å². The molecule has 1 N–H and O–H groups in total. The van der Waals surface area contributed by atoms with E-state index in [1.54, 1.807) is 18.6 Å². The third-order valence-corrected chi connectivity index (χ3v) is 2.66. The summed E-state index contributed by atoms with van der Waals surface area (Å²) >= 11 is 6.02. The van der Waals surface area contributed by atoms with Crippen molar-refractivity contribution in [2.75, 3.05) is 0 Å². The second-order valence-corrected chi connectivity index (χ2v) is 3.73. The first-order chi connectivity index (χ1) is 7.84. The van der Waals surface area contributed by atoms with Gasteiger partial charge in [-0.2, -0.15) is 5.10 Å². The van der Waals surface area contributed by atoms with E-state index in [9.17, 15) is 0 Å². The van der Waals surface area contributed by atoms with Crippen molar-refractivity contribution in [2.45, 2.75) is 0 Å². The topological polar surface area (TPSA) is 54.5 Å². The number of halogens is 1. The number of nitrogens with one attached hydrogen (secondary N) is 1. The Morgan fingerprint density at radius 1 is 1.19 bits per heavy atom. The zero-order valence-electron chi connectivity index (χ0n) is 8.18. The fourth-order valence-electron chi connectivity index (χ4n) is 1.58. The summed E-state index contributed by atoms with van der Waals surface area (Å²) in [6, 6.07) is 5.71. The molecule has 0 unspecified atom stereocenters. The average molecular weight is 231 g/mol. The van der Waals surface area contributed by atoms with Gasteiger partial charge in [-0.25, -0.2) is 4.98 Å². The predicted molar refractivity (Wildman–Crippen MR) is 62.1 cm³/mol. The highest BCUT2D eigenvalue weighted by molar-refractivity contribution is 6.32. The van der Waals surface area contributed by atoms with Crippen LogP contribution in [0.4, 0.5) is 0 Å². The Morgan fingerprint density at radius 3 is 3.00 bits per heavy atom. The second-order valence-electron chi connectivity index (χ2n) is 3.37. The number of nitrogens with zero attached hydrogens (tertiary/aromatic N) is 3. The lowest BCUT2D eigenvalue weighted by molar-refractivity contribution is 1.12. The monoisotopic (exact) mass is 230 g/mol. The van der Waals surface area contributed by atoms with Crippen LogP contribution in [0, 0.1) is 0 Å². The molecule has 0 saturated heterocycles. The van der Waals surface area contributed by atoms with Crippen LogP contribution in [-0.2, 0) is 0 Å². The van der Waals surface area contributed by atoms with Crippen molar-refractivity contribution in [3.8, 4) is 11.1 Å². The Balaban J connectivity index is 2.22. The van der Waals surface area contributed by atoms with Gasteiger partial charge in [-0.3, -0.25) is 10.1 Å². The van der Waals surface area contributed by atoms with E-state index in [0.717, 1.165) is 22.2 Å². The van der Waals surface area contributed by atoms with Gasteiger partial charge in [0.15, 0.2) is 0 Å². The molecule has 3 aromatic rings. The summed E-state index contributed by atoms with van der Waals surface area (Å²) in [7, 11) is 0. The zero-order chi connectivity index (χ0) is 11.0. The van der Waals surface area contributed by atoms with Crippen LogP contribution in [0.3, 0.4) is 0 Å². The van der Waals surface area contributed by atoms with Crippen LogP contribution >= 0.6 is 11.6 Å². The first kappa shape index (κ1) is 9.30. The molecule has 0 bridgehead atoms. The third-order valence-electron chi connectivity index (χ3n) is 2.36. The van der Waals surface area contributed by atoms with Crippen LogP contribution in [0.25, 0.3) is 22.2 Å². The van der Waals surface area contributed by atoms with E-state index in [1.807, 2.05) is 18.2 Å². The van der Waals surface area contributed by atoms with Crippen molar-refractivity contribution in [1.29, 1.82) is 0 Å². The normalized spacial score (nSPS) is 10.8. The third kappa shape index (κ3) is 1.44. The highest BCUT2D eigenvalue weighted by Crippen LogP contribution is 2.26. The van der Waals surface area contributed by atoms with Crippen molar-refractivity contribution >= 4 is 22.6 Å². The zero-order valence-corrected chi connectivity index (χ0v) is 8.94. The summed E-state index contributed by atoms with van der Waals surface area (Å²) in [5, 5.41) is 7.27. The summed E-state index contributed by atoms with van der Waals surface area (Å²) in [5.41, 5.74) is 3.52. The average Bonchev–Trinajstić information content (AvgIpc) is 2.76. The van der Waals surface area contributed by atoms with Crippen LogP contribution < -0.4 is 0 Å². The van der Waals surface area contributed by atoms with Gasteiger partial charge in [-0.1, -0.05) is 11.6 Å². The van der Waals surface area contributed by atoms with Crippen molar-refractivity contribution in [2.24, 2.45) is 0 Å². The van der Waals surface area contributed by atoms with Gasteiger partial charge in [-0.05, 0) is 18.2 Å². The molecule has 0 spiro atoms. The van der Waals surface area contributed by atoms with Crippen LogP contribution in [0.2, 0.25) is 5.15 Å². The first-order valence-electron chi connectivity index (χ1n) is 4.74. The highest BCUT2D eigenvalue weighted by Gasteiger charge is 2.05. The second kappa shape index (κ2) is 3.57. The van der Waals surface area contributed by atoms with Crippen LogP contribution in [0.5, 0.6) is 0 Å². The van der Waals surface area contributed by atoms with E-state index in [4.69, 9.17) is 11.6 Å². The Labute approximate surface area is 96.3 Å². The molecule has 0 aliphatic carbocycles. The number of aromatic nitrogens is 4. The summed E-state index contributed by atoms with van der Waals surface area (Å²) in [6.45, 7) is 0. The molecule has 78 valence electrons. The first-order valence-corrected chi connectivity index (χ1v) is 5.12. The standard InChI is InChI=1S/C11H7ClN4/c12-11-8(2-1-3-13-11)7-4-9-10(14-5-7)6-15-16-9/h1-6H,(H,15,16). The smallest absolute Gasteiger partial charge is 0.136 e. The Bertz CT molecular complexity index is 647. The summed E-state index contributed by atoms with van der Waals surface area (Å²) in [5.74, 6) is 0. The maximum absolute atomic E-state index is 6.02. The molecule has 3 rings (SSSR count). The molecule has 0 aliphatic heterocycles. The quantitative estimate of drug-likeness (QED) is 0.654. The minimum atomic E-state index is 0.475. The molecule has 4 nitrogen and oxygen atoms in total. The highest BCUT2D eigenvalue weighted by atomic mass is 35.5. The molecule has 0 fully saturated rings. The number of hydrogen-bond acceptors (Lipinski definition) is 3. The van der Waals surface area contributed by atoms with Gasteiger partial charge >= 0.3 is 0 Å². The Hall–Kier alpha value is -1.94. The molecule has 5 heteroatoms. The summed E-state index contributed by atoms with van der Waals surface area (Å²) in [6.07, 6.45) is 5.11. The van der Waals surface area contributed by atoms with Crippen molar-refractivity contribution in [1.82, 2.24) is 20.2 Å². The van der Waals surface area contributed by atoms with Gasteiger partial charge in [0, 0.05) is 23.5 Å². The van der Waals surface area contributed by atoms with E-state index < -0.39 is 0 Å². The lowest BCUT2D eigenvalue weighted by Gasteiger charge is -2.02. The van der Waals surface area contributed by atoms with E-state index in [-0.39, 0.29) is 0 Å². The Kier molecular flexibility index (Phi) is 2.08. The Morgan fingerprint density at radius 2 is 2.12 bits per heavy atom. The molecule has 16 heavy (non-hydrogen) atoms. The number of aromatic amines is 1. The number of hydrogen-bond donors (Lipinski definition) is 1. The van der Waals surface area contributed by atoms with Gasteiger partial charge < -0.3 is 0 Å². The van der Waals surface area contributed by atoms with Crippen molar-refractivity contribution < 1.29 is 0 Å². The number of fused-ring (bicyclic) bond motifs is 1. The van der Waals surface area contributed by atoms with E-state index >= 15 is 0 Å². The predicted octanol–water partition coefficient (Wildman–Crippen LogP) is 2.67. The molecule has 0 atom stereocenters. The fraction of sp³-hybridized carbons (Fsp3) is 0. The molecule has 0 radical (unpaired) electrons. The minimum Gasteiger partial charge on any atom is -0.276 e. The fourth-order valence-corrected chi connectivity index (χ4v) is 1.81. The van der Waals surface area contributed by atoms with E-state index in [0.29, 0.717) is 5.15 Å². The molecular formula is C11H7ClN4. The van der Waals surface area contributed by atoms with Crippen LogP contribution in [0.15, 0.2) is 36.8 Å². The lowest BCUT2D eigenvalue weighted by atomic mass is 10.1. The molecule has 0 aliphatic rings. The number of rotatable bonds is 1. The maximum atomic E-state index is 6.02. The van der Waals surface area contributed by atoms with Gasteiger partial charge in [0.05, 0.1) is 11.7 Å². The number of H-pyrrole nitrogens is 1. The van der Waals surface area contributed by atoms with Gasteiger partial charge in [0.2, 0.25) is 0 Å². The number of pyridine rings is 2. The largest absolute Gasteiger partial charge is 0.276 e. The SMILES string of the molecule is Clc1ncccc1-c1cnc2cn[nH]c2c1. The minimum absolute atomic E-state index is 0.475.